The number of fused-ring (bicyclic) bond motifs is 1. The van der Waals surface area contributed by atoms with Crippen LogP contribution in [0, 0.1) is 0 Å². The van der Waals surface area contributed by atoms with Crippen LogP contribution in [0.5, 0.6) is 0 Å². The number of para-hydroxylation sites is 1. The van der Waals surface area contributed by atoms with Crippen molar-refractivity contribution in [3.8, 4) is 0 Å². The third-order valence-corrected chi connectivity index (χ3v) is 4.88. The standard InChI is InChI=1S/C20H29N3O/c1-2-18(24)10-11-21-15-17-14-16-8-4-5-9-19(16)22-20(17)23-12-6-3-7-13-23/h4-5,8-9,14,18,21,24H,2-3,6-7,10-13,15H2,1H3. The quantitative estimate of drug-likeness (QED) is 0.765. The maximum absolute atomic E-state index is 9.69. The molecule has 0 saturated carbocycles. The summed E-state index contributed by atoms with van der Waals surface area (Å²) in [6.45, 7) is 5.87. The summed E-state index contributed by atoms with van der Waals surface area (Å²) in [5, 5.41) is 14.4. The lowest BCUT2D eigenvalue weighted by Crippen LogP contribution is -2.32. The van der Waals surface area contributed by atoms with Gasteiger partial charge >= 0.3 is 0 Å². The van der Waals surface area contributed by atoms with E-state index in [4.69, 9.17) is 4.98 Å². The summed E-state index contributed by atoms with van der Waals surface area (Å²) in [5.41, 5.74) is 2.34. The Kier molecular flexibility index (Phi) is 6.05. The van der Waals surface area contributed by atoms with Crippen LogP contribution in [0.15, 0.2) is 30.3 Å². The van der Waals surface area contributed by atoms with Crippen molar-refractivity contribution in [2.24, 2.45) is 0 Å². The minimum absolute atomic E-state index is 0.200. The third-order valence-electron chi connectivity index (χ3n) is 4.88. The predicted octanol–water partition coefficient (Wildman–Crippen LogP) is 3.48. The van der Waals surface area contributed by atoms with Gasteiger partial charge in [0.05, 0.1) is 11.6 Å². The molecule has 24 heavy (non-hydrogen) atoms. The molecule has 1 aromatic heterocycles. The van der Waals surface area contributed by atoms with Crippen LogP contribution in [0.2, 0.25) is 0 Å². The van der Waals surface area contributed by atoms with Gasteiger partial charge < -0.3 is 15.3 Å². The molecule has 0 spiro atoms. The number of aliphatic hydroxyl groups excluding tert-OH is 1. The molecular weight excluding hydrogens is 298 g/mol. The van der Waals surface area contributed by atoms with Gasteiger partial charge in [-0.05, 0) is 50.8 Å². The highest BCUT2D eigenvalue weighted by Crippen LogP contribution is 2.26. The SMILES string of the molecule is CCC(O)CCNCc1cc2ccccc2nc1N1CCCCC1. The second kappa shape index (κ2) is 8.45. The van der Waals surface area contributed by atoms with E-state index < -0.39 is 0 Å². The zero-order valence-electron chi connectivity index (χ0n) is 14.7. The summed E-state index contributed by atoms with van der Waals surface area (Å²) in [7, 11) is 0. The van der Waals surface area contributed by atoms with E-state index in [0.29, 0.717) is 0 Å². The van der Waals surface area contributed by atoms with E-state index in [1.165, 1.54) is 30.2 Å². The summed E-state index contributed by atoms with van der Waals surface area (Å²) in [6.07, 6.45) is 5.25. The van der Waals surface area contributed by atoms with Crippen molar-refractivity contribution in [2.45, 2.75) is 51.7 Å². The number of rotatable bonds is 7. The fraction of sp³-hybridized carbons (Fsp3) is 0.550. The Bertz CT molecular complexity index is 652. The Morgan fingerprint density at radius 1 is 1.21 bits per heavy atom. The van der Waals surface area contributed by atoms with Crippen molar-refractivity contribution in [3.63, 3.8) is 0 Å². The molecule has 1 aliphatic heterocycles. The van der Waals surface area contributed by atoms with E-state index in [1.54, 1.807) is 0 Å². The van der Waals surface area contributed by atoms with Crippen LogP contribution in [0.1, 0.15) is 44.6 Å². The van der Waals surface area contributed by atoms with Crippen LogP contribution in [0.3, 0.4) is 0 Å². The number of nitrogens with zero attached hydrogens (tertiary/aromatic N) is 2. The minimum atomic E-state index is -0.200. The van der Waals surface area contributed by atoms with Crippen molar-refractivity contribution in [2.75, 3.05) is 24.5 Å². The van der Waals surface area contributed by atoms with Crippen molar-refractivity contribution >= 4 is 16.7 Å². The topological polar surface area (TPSA) is 48.4 Å². The molecule has 0 radical (unpaired) electrons. The average molecular weight is 327 g/mol. The van der Waals surface area contributed by atoms with E-state index >= 15 is 0 Å². The molecule has 1 atom stereocenters. The molecule has 2 aromatic rings. The normalized spacial score (nSPS) is 16.5. The maximum Gasteiger partial charge on any atom is 0.133 e. The molecule has 0 bridgehead atoms. The Balaban J connectivity index is 1.77. The number of pyridine rings is 1. The van der Waals surface area contributed by atoms with E-state index in [-0.39, 0.29) is 6.10 Å². The highest BCUT2D eigenvalue weighted by atomic mass is 16.3. The molecule has 0 aliphatic carbocycles. The summed E-state index contributed by atoms with van der Waals surface area (Å²) < 4.78 is 0. The van der Waals surface area contributed by atoms with Gasteiger partial charge in [-0.3, -0.25) is 0 Å². The van der Waals surface area contributed by atoms with Crippen LogP contribution in [-0.2, 0) is 6.54 Å². The third kappa shape index (κ3) is 4.25. The number of nitrogens with one attached hydrogen (secondary N) is 1. The Morgan fingerprint density at radius 3 is 2.79 bits per heavy atom. The van der Waals surface area contributed by atoms with Gasteiger partial charge in [-0.25, -0.2) is 4.98 Å². The first-order chi connectivity index (χ1) is 11.8. The number of anilines is 1. The smallest absolute Gasteiger partial charge is 0.133 e. The number of benzene rings is 1. The molecule has 1 aromatic carbocycles. The summed E-state index contributed by atoms with van der Waals surface area (Å²) in [6, 6.07) is 10.6. The predicted molar refractivity (Wildman–Crippen MR) is 100 cm³/mol. The van der Waals surface area contributed by atoms with Crippen LogP contribution in [0.4, 0.5) is 5.82 Å². The molecule has 4 heteroatoms. The van der Waals surface area contributed by atoms with Crippen LogP contribution in [0.25, 0.3) is 10.9 Å². The van der Waals surface area contributed by atoms with Crippen molar-refractivity contribution in [1.82, 2.24) is 10.3 Å². The van der Waals surface area contributed by atoms with Crippen molar-refractivity contribution < 1.29 is 5.11 Å². The number of piperidine rings is 1. The summed E-state index contributed by atoms with van der Waals surface area (Å²) in [5.74, 6) is 1.14. The first kappa shape index (κ1) is 17.2. The highest BCUT2D eigenvalue weighted by molar-refractivity contribution is 5.81. The zero-order valence-corrected chi connectivity index (χ0v) is 14.7. The summed E-state index contributed by atoms with van der Waals surface area (Å²) in [4.78, 5) is 7.40. The average Bonchev–Trinajstić information content (AvgIpc) is 2.65. The molecule has 130 valence electrons. The Hall–Kier alpha value is -1.65. The first-order valence-corrected chi connectivity index (χ1v) is 9.30. The molecule has 2 N–H and O–H groups in total. The second-order valence-corrected chi connectivity index (χ2v) is 6.74. The lowest BCUT2D eigenvalue weighted by molar-refractivity contribution is 0.159. The number of hydrogen-bond acceptors (Lipinski definition) is 4. The lowest BCUT2D eigenvalue weighted by atomic mass is 10.1. The lowest BCUT2D eigenvalue weighted by Gasteiger charge is -2.30. The van der Waals surface area contributed by atoms with Crippen LogP contribution >= 0.6 is 0 Å². The zero-order chi connectivity index (χ0) is 16.8. The van der Waals surface area contributed by atoms with Gasteiger partial charge in [-0.2, -0.15) is 0 Å². The molecule has 0 amide bonds. The Labute approximate surface area is 144 Å². The molecule has 4 nitrogen and oxygen atoms in total. The minimum Gasteiger partial charge on any atom is -0.393 e. The monoisotopic (exact) mass is 327 g/mol. The van der Waals surface area contributed by atoms with Gasteiger partial charge in [-0.15, -0.1) is 0 Å². The van der Waals surface area contributed by atoms with Gasteiger partial charge in [0.15, 0.2) is 0 Å². The first-order valence-electron chi connectivity index (χ1n) is 9.30. The van der Waals surface area contributed by atoms with E-state index in [9.17, 15) is 5.11 Å². The maximum atomic E-state index is 9.69. The fourth-order valence-corrected chi connectivity index (χ4v) is 3.36. The molecule has 1 saturated heterocycles. The summed E-state index contributed by atoms with van der Waals surface area (Å²) >= 11 is 0. The second-order valence-electron chi connectivity index (χ2n) is 6.74. The van der Waals surface area contributed by atoms with E-state index in [2.05, 4.69) is 40.5 Å². The van der Waals surface area contributed by atoms with E-state index in [0.717, 1.165) is 50.4 Å². The van der Waals surface area contributed by atoms with Crippen LogP contribution in [-0.4, -0.2) is 35.8 Å². The molecule has 1 unspecified atom stereocenters. The van der Waals surface area contributed by atoms with Crippen molar-refractivity contribution in [3.05, 3.63) is 35.9 Å². The van der Waals surface area contributed by atoms with Gasteiger partial charge in [0.25, 0.3) is 0 Å². The molecule has 1 fully saturated rings. The van der Waals surface area contributed by atoms with Gasteiger partial charge in [0.1, 0.15) is 5.82 Å². The highest BCUT2D eigenvalue weighted by Gasteiger charge is 2.16. The Morgan fingerprint density at radius 2 is 2.00 bits per heavy atom. The number of aromatic nitrogens is 1. The fourth-order valence-electron chi connectivity index (χ4n) is 3.36. The van der Waals surface area contributed by atoms with Gasteiger partial charge in [0.2, 0.25) is 0 Å². The largest absolute Gasteiger partial charge is 0.393 e. The number of hydrogen-bond donors (Lipinski definition) is 2. The molecule has 2 heterocycles. The van der Waals surface area contributed by atoms with E-state index in [1.807, 2.05) is 6.92 Å². The van der Waals surface area contributed by atoms with Crippen LogP contribution < -0.4 is 10.2 Å². The molecule has 3 rings (SSSR count). The van der Waals surface area contributed by atoms with Crippen molar-refractivity contribution in [1.29, 1.82) is 0 Å². The van der Waals surface area contributed by atoms with Gasteiger partial charge in [-0.1, -0.05) is 25.1 Å². The van der Waals surface area contributed by atoms with Gasteiger partial charge in [0, 0.05) is 30.6 Å². The molecular formula is C20H29N3O. The molecule has 1 aliphatic rings. The number of aliphatic hydroxyl groups is 1.